The van der Waals surface area contributed by atoms with Crippen molar-refractivity contribution in [3.63, 3.8) is 0 Å². The number of allylic oxidation sites excluding steroid dienone is 5. The predicted octanol–water partition coefficient (Wildman–Crippen LogP) is 13.5. The highest BCUT2D eigenvalue weighted by Crippen LogP contribution is 2.43. The lowest BCUT2D eigenvalue weighted by Gasteiger charge is -2.25. The van der Waals surface area contributed by atoms with E-state index in [-0.39, 0.29) is 19.1 Å². The first-order valence-corrected chi connectivity index (χ1v) is 25.4. The fraction of sp³-hybridized carbons (Fsp3) is 0.854. The van der Waals surface area contributed by atoms with Crippen molar-refractivity contribution in [2.45, 2.75) is 225 Å². The van der Waals surface area contributed by atoms with Gasteiger partial charge in [-0.3, -0.25) is 13.8 Å². The molecule has 0 aliphatic carbocycles. The summed E-state index contributed by atoms with van der Waals surface area (Å²) in [6, 6.07) is -0.865. The molecule has 0 saturated carbocycles. The molecule has 0 saturated heterocycles. The number of rotatable bonds is 43. The molecule has 8 nitrogen and oxygen atoms in total. The first kappa shape index (κ1) is 55.7. The molecular weight excluding hydrogens is 732 g/mol. The second-order valence-electron chi connectivity index (χ2n) is 17.5. The third-order valence-corrected chi connectivity index (χ3v) is 11.6. The average Bonchev–Trinajstić information content (AvgIpc) is 3.16. The zero-order valence-electron chi connectivity index (χ0n) is 38.1. The Morgan fingerprint density at radius 1 is 0.579 bits per heavy atom. The van der Waals surface area contributed by atoms with Gasteiger partial charge in [-0.2, -0.15) is 0 Å². The molecule has 336 valence electrons. The van der Waals surface area contributed by atoms with E-state index in [2.05, 4.69) is 43.5 Å². The highest BCUT2D eigenvalue weighted by Gasteiger charge is 2.27. The highest BCUT2D eigenvalue weighted by atomic mass is 31.2. The minimum atomic E-state index is -4.35. The molecule has 0 spiro atoms. The van der Waals surface area contributed by atoms with E-state index in [1.54, 1.807) is 6.08 Å². The van der Waals surface area contributed by atoms with Crippen molar-refractivity contribution in [3.8, 4) is 0 Å². The van der Waals surface area contributed by atoms with Crippen molar-refractivity contribution in [3.05, 3.63) is 36.5 Å². The molecule has 0 rings (SSSR count). The van der Waals surface area contributed by atoms with Gasteiger partial charge in [0.2, 0.25) is 5.91 Å². The van der Waals surface area contributed by atoms with Crippen molar-refractivity contribution in [1.82, 2.24) is 5.32 Å². The van der Waals surface area contributed by atoms with Crippen LogP contribution >= 0.6 is 7.82 Å². The van der Waals surface area contributed by atoms with Gasteiger partial charge in [-0.15, -0.1) is 0 Å². The normalized spacial score (nSPS) is 14.6. The van der Waals surface area contributed by atoms with E-state index >= 15 is 0 Å². The molecule has 0 fully saturated rings. The van der Waals surface area contributed by atoms with Crippen LogP contribution in [0.1, 0.15) is 213 Å². The molecule has 0 aliphatic heterocycles. The maximum atomic E-state index is 12.8. The SMILES string of the molecule is CCCCC/C=C\CCCCCCCC(=O)NC(COP(=O)(O)OCC[N+](C)(C)C)C(O)/C=C/CC/C=C/CCCCCCCCCCCCCCCCCCC. The number of quaternary nitrogens is 1. The average molecular weight is 826 g/mol. The predicted molar refractivity (Wildman–Crippen MR) is 244 cm³/mol. The summed E-state index contributed by atoms with van der Waals surface area (Å²) in [5, 5.41) is 13.8. The Balaban J connectivity index is 4.35. The summed E-state index contributed by atoms with van der Waals surface area (Å²) >= 11 is 0. The fourth-order valence-corrected chi connectivity index (χ4v) is 7.49. The number of hydrogen-bond acceptors (Lipinski definition) is 5. The van der Waals surface area contributed by atoms with Crippen molar-refractivity contribution >= 4 is 13.7 Å². The summed E-state index contributed by atoms with van der Waals surface area (Å²) in [5.74, 6) is -0.197. The molecule has 0 bridgehead atoms. The molecule has 0 aromatic rings. The lowest BCUT2D eigenvalue weighted by Crippen LogP contribution is -2.45. The maximum absolute atomic E-state index is 12.8. The number of phosphoric ester groups is 1. The Bertz CT molecular complexity index is 1030. The summed E-state index contributed by atoms with van der Waals surface area (Å²) in [7, 11) is 1.55. The van der Waals surface area contributed by atoms with Gasteiger partial charge >= 0.3 is 7.82 Å². The van der Waals surface area contributed by atoms with Crippen LogP contribution in [0.3, 0.4) is 0 Å². The number of carbonyl (C=O) groups is 1. The topological polar surface area (TPSA) is 105 Å². The molecular formula is C48H94N2O6P+. The van der Waals surface area contributed by atoms with Gasteiger partial charge < -0.3 is 19.8 Å². The lowest BCUT2D eigenvalue weighted by molar-refractivity contribution is -0.870. The van der Waals surface area contributed by atoms with Gasteiger partial charge in [-0.25, -0.2) is 4.57 Å². The van der Waals surface area contributed by atoms with Crippen LogP contribution in [-0.2, 0) is 18.4 Å². The quantitative estimate of drug-likeness (QED) is 0.0245. The number of hydrogen-bond donors (Lipinski definition) is 3. The van der Waals surface area contributed by atoms with Crippen LogP contribution in [0.25, 0.3) is 0 Å². The Morgan fingerprint density at radius 2 is 0.965 bits per heavy atom. The number of aliphatic hydroxyl groups is 1. The van der Waals surface area contributed by atoms with E-state index in [1.165, 1.54) is 141 Å². The third kappa shape index (κ3) is 42.6. The zero-order chi connectivity index (χ0) is 42.1. The second-order valence-corrected chi connectivity index (χ2v) is 18.9. The molecule has 0 aromatic heterocycles. The van der Waals surface area contributed by atoms with Crippen LogP contribution < -0.4 is 5.32 Å². The van der Waals surface area contributed by atoms with E-state index < -0.39 is 20.0 Å². The van der Waals surface area contributed by atoms with Gasteiger partial charge in [-0.05, 0) is 57.8 Å². The van der Waals surface area contributed by atoms with Crippen LogP contribution in [0.15, 0.2) is 36.5 Å². The number of amides is 1. The van der Waals surface area contributed by atoms with E-state index in [1.807, 2.05) is 27.2 Å². The smallest absolute Gasteiger partial charge is 0.387 e. The van der Waals surface area contributed by atoms with E-state index in [9.17, 15) is 19.4 Å². The highest BCUT2D eigenvalue weighted by molar-refractivity contribution is 7.47. The van der Waals surface area contributed by atoms with Crippen LogP contribution in [0, 0.1) is 0 Å². The van der Waals surface area contributed by atoms with Gasteiger partial charge in [0.15, 0.2) is 0 Å². The van der Waals surface area contributed by atoms with Crippen molar-refractivity contribution in [2.75, 3.05) is 40.9 Å². The minimum Gasteiger partial charge on any atom is -0.387 e. The Labute approximate surface area is 353 Å². The number of aliphatic hydroxyl groups excluding tert-OH is 1. The van der Waals surface area contributed by atoms with Crippen LogP contribution in [-0.4, -0.2) is 73.4 Å². The largest absolute Gasteiger partial charge is 0.472 e. The number of nitrogens with zero attached hydrogens (tertiary/aromatic N) is 1. The number of carbonyl (C=O) groups excluding carboxylic acids is 1. The van der Waals surface area contributed by atoms with E-state index in [0.717, 1.165) is 51.4 Å². The molecule has 1 amide bonds. The monoisotopic (exact) mass is 826 g/mol. The lowest BCUT2D eigenvalue weighted by atomic mass is 10.0. The second kappa shape index (κ2) is 40.1. The van der Waals surface area contributed by atoms with E-state index in [4.69, 9.17) is 9.05 Å². The molecule has 57 heavy (non-hydrogen) atoms. The van der Waals surface area contributed by atoms with Gasteiger partial charge in [0.05, 0.1) is 39.9 Å². The summed E-state index contributed by atoms with van der Waals surface area (Å²) in [4.78, 5) is 23.1. The fourth-order valence-electron chi connectivity index (χ4n) is 6.76. The number of phosphoric acid groups is 1. The molecule has 3 unspecified atom stereocenters. The Kier molecular flexibility index (Phi) is 39.2. The standard InChI is InChI=1S/C48H93N2O6P/c1-6-8-10-12-14-16-18-20-21-22-23-24-25-26-27-28-29-30-31-33-35-37-39-41-47(51)46(45-56-57(53,54)55-44-43-50(3,4)5)49-48(52)42-40-38-36-34-32-19-17-15-13-11-9-7-2/h15,17,31,33,39,41,46-47,51H,6-14,16,18-30,32,34-38,40,42-45H2,1-5H3,(H-,49,52,53,54)/p+1/b17-15-,33-31+,41-39+. The molecule has 9 heteroatoms. The van der Waals surface area contributed by atoms with Crippen LogP contribution in [0.4, 0.5) is 0 Å². The van der Waals surface area contributed by atoms with Gasteiger partial charge in [0.1, 0.15) is 13.2 Å². The molecule has 0 aromatic carbocycles. The van der Waals surface area contributed by atoms with Crippen molar-refractivity contribution in [1.29, 1.82) is 0 Å². The molecule has 0 heterocycles. The minimum absolute atomic E-state index is 0.0546. The summed E-state index contributed by atoms with van der Waals surface area (Å²) in [6.07, 6.45) is 49.4. The van der Waals surface area contributed by atoms with Crippen molar-refractivity contribution in [2.24, 2.45) is 0 Å². The first-order chi connectivity index (χ1) is 27.5. The van der Waals surface area contributed by atoms with Gasteiger partial charge in [0, 0.05) is 6.42 Å². The van der Waals surface area contributed by atoms with Gasteiger partial charge in [0.25, 0.3) is 0 Å². The molecule has 3 N–H and O–H groups in total. The summed E-state index contributed by atoms with van der Waals surface area (Å²) in [6.45, 7) is 4.76. The third-order valence-electron chi connectivity index (χ3n) is 10.6. The number of nitrogens with one attached hydrogen (secondary N) is 1. The number of likely N-dealkylation sites (N-methyl/N-ethyl adjacent to an activating group) is 1. The van der Waals surface area contributed by atoms with Crippen LogP contribution in [0.5, 0.6) is 0 Å². The summed E-state index contributed by atoms with van der Waals surface area (Å²) < 4.78 is 23.5. The molecule has 0 radical (unpaired) electrons. The van der Waals surface area contributed by atoms with Crippen molar-refractivity contribution < 1.29 is 32.9 Å². The van der Waals surface area contributed by atoms with Gasteiger partial charge in [-0.1, -0.05) is 185 Å². The Hall–Kier alpha value is -1.28. The number of unbranched alkanes of at least 4 members (excludes halogenated alkanes) is 26. The Morgan fingerprint density at radius 3 is 1.44 bits per heavy atom. The van der Waals surface area contributed by atoms with E-state index in [0.29, 0.717) is 17.4 Å². The maximum Gasteiger partial charge on any atom is 0.472 e. The first-order valence-electron chi connectivity index (χ1n) is 23.9. The van der Waals surface area contributed by atoms with Crippen LogP contribution in [0.2, 0.25) is 0 Å². The summed E-state index contributed by atoms with van der Waals surface area (Å²) in [5.41, 5.74) is 0. The zero-order valence-corrected chi connectivity index (χ0v) is 39.0. The molecule has 0 aliphatic rings. The molecule has 3 atom stereocenters.